The zero-order valence-corrected chi connectivity index (χ0v) is 11.9. The molecule has 0 aromatic carbocycles. The van der Waals surface area contributed by atoms with Gasteiger partial charge in [-0.15, -0.1) is 0 Å². The number of rotatable bonds is 2. The monoisotopic (exact) mass is 299 g/mol. The van der Waals surface area contributed by atoms with Gasteiger partial charge in [-0.1, -0.05) is 0 Å². The number of carbonyl (C=O) groups excluding carboxylic acids is 1. The predicted molar refractivity (Wildman–Crippen MR) is 72.9 cm³/mol. The summed E-state index contributed by atoms with van der Waals surface area (Å²) in [5, 5.41) is 11.1. The lowest BCUT2D eigenvalue weighted by atomic mass is 10.2. The van der Waals surface area contributed by atoms with Gasteiger partial charge in [0.2, 0.25) is 17.0 Å². The molecule has 9 heteroatoms. The normalized spacial score (nSPS) is 15.3. The van der Waals surface area contributed by atoms with Crippen LogP contribution in [0.25, 0.3) is 0 Å². The fraction of sp³-hybridized carbons (Fsp3) is 0.545. The quantitative estimate of drug-likeness (QED) is 0.460. The lowest BCUT2D eigenvalue weighted by Crippen LogP contribution is -2.48. The molecule has 1 amide bonds. The number of nitro groups is 1. The number of amides is 1. The standard InChI is InChI=1S/C11H14ClN5O3/c1-7-9(17(19)20)10(14-11(12)13-7)16-5-3-15(4-6-16)8(2)18/h3-6H2,1-2H3. The van der Waals surface area contributed by atoms with Crippen LogP contribution in [0.15, 0.2) is 0 Å². The van der Waals surface area contributed by atoms with E-state index >= 15 is 0 Å². The van der Waals surface area contributed by atoms with Crippen molar-refractivity contribution in [2.45, 2.75) is 13.8 Å². The van der Waals surface area contributed by atoms with Crippen molar-refractivity contribution in [3.05, 3.63) is 21.1 Å². The highest BCUT2D eigenvalue weighted by atomic mass is 35.5. The summed E-state index contributed by atoms with van der Waals surface area (Å²) in [4.78, 5) is 33.2. The van der Waals surface area contributed by atoms with Crippen molar-refractivity contribution >= 4 is 29.0 Å². The first-order chi connectivity index (χ1) is 9.40. The number of carbonyl (C=O) groups is 1. The predicted octanol–water partition coefficient (Wildman–Crippen LogP) is 1.02. The van der Waals surface area contributed by atoms with Crippen LogP contribution in [0.1, 0.15) is 12.6 Å². The molecule has 1 aromatic heterocycles. The van der Waals surface area contributed by atoms with Crippen LogP contribution in [-0.2, 0) is 4.79 Å². The first-order valence-electron chi connectivity index (χ1n) is 6.09. The van der Waals surface area contributed by atoms with Crippen LogP contribution >= 0.6 is 11.6 Å². The third-order valence-corrected chi connectivity index (χ3v) is 3.39. The maximum atomic E-state index is 11.3. The Morgan fingerprint density at radius 3 is 2.40 bits per heavy atom. The van der Waals surface area contributed by atoms with Gasteiger partial charge in [-0.05, 0) is 18.5 Å². The molecule has 0 aliphatic carbocycles. The van der Waals surface area contributed by atoms with E-state index in [1.807, 2.05) is 0 Å². The van der Waals surface area contributed by atoms with Crippen molar-refractivity contribution in [3.8, 4) is 0 Å². The Labute approximate surface area is 120 Å². The number of aromatic nitrogens is 2. The van der Waals surface area contributed by atoms with Gasteiger partial charge < -0.3 is 9.80 Å². The number of halogens is 1. The van der Waals surface area contributed by atoms with Gasteiger partial charge in [0.1, 0.15) is 5.69 Å². The van der Waals surface area contributed by atoms with Gasteiger partial charge in [-0.3, -0.25) is 14.9 Å². The molecule has 0 saturated carbocycles. The van der Waals surface area contributed by atoms with Crippen molar-refractivity contribution in [2.75, 3.05) is 31.1 Å². The SMILES string of the molecule is CC(=O)N1CCN(c2nc(Cl)nc(C)c2[N+](=O)[O-])CC1. The van der Waals surface area contributed by atoms with Gasteiger partial charge in [0, 0.05) is 33.1 Å². The van der Waals surface area contributed by atoms with Gasteiger partial charge in [-0.2, -0.15) is 4.98 Å². The summed E-state index contributed by atoms with van der Waals surface area (Å²) in [6.45, 7) is 5.01. The van der Waals surface area contributed by atoms with E-state index in [1.54, 1.807) is 9.80 Å². The Hall–Kier alpha value is -1.96. The molecule has 2 rings (SSSR count). The average molecular weight is 300 g/mol. The van der Waals surface area contributed by atoms with Gasteiger partial charge in [-0.25, -0.2) is 4.98 Å². The molecule has 1 aliphatic heterocycles. The molecular weight excluding hydrogens is 286 g/mol. The van der Waals surface area contributed by atoms with E-state index in [4.69, 9.17) is 11.6 Å². The molecule has 1 saturated heterocycles. The van der Waals surface area contributed by atoms with Crippen LogP contribution in [0.3, 0.4) is 0 Å². The first kappa shape index (κ1) is 14.4. The maximum Gasteiger partial charge on any atom is 0.332 e. The van der Waals surface area contributed by atoms with E-state index < -0.39 is 4.92 Å². The number of nitrogens with zero attached hydrogens (tertiary/aromatic N) is 5. The molecule has 0 bridgehead atoms. The summed E-state index contributed by atoms with van der Waals surface area (Å²) in [5.74, 6) is 0.215. The minimum atomic E-state index is -0.502. The van der Waals surface area contributed by atoms with E-state index in [9.17, 15) is 14.9 Å². The molecule has 2 heterocycles. The third-order valence-electron chi connectivity index (χ3n) is 3.22. The second kappa shape index (κ2) is 5.58. The largest absolute Gasteiger partial charge is 0.347 e. The molecular formula is C11H14ClN5O3. The number of anilines is 1. The van der Waals surface area contributed by atoms with Gasteiger partial charge >= 0.3 is 5.69 Å². The average Bonchev–Trinajstić information content (AvgIpc) is 2.37. The number of hydrogen-bond acceptors (Lipinski definition) is 6. The Morgan fingerprint density at radius 2 is 1.90 bits per heavy atom. The molecule has 0 N–H and O–H groups in total. The van der Waals surface area contributed by atoms with Crippen LogP contribution in [0.4, 0.5) is 11.5 Å². The van der Waals surface area contributed by atoms with E-state index in [1.165, 1.54) is 13.8 Å². The lowest BCUT2D eigenvalue weighted by molar-refractivity contribution is -0.385. The molecule has 0 spiro atoms. The molecule has 1 aromatic rings. The zero-order valence-electron chi connectivity index (χ0n) is 11.2. The minimum Gasteiger partial charge on any atom is -0.347 e. The molecule has 0 radical (unpaired) electrons. The highest BCUT2D eigenvalue weighted by Gasteiger charge is 2.29. The van der Waals surface area contributed by atoms with Crippen LogP contribution in [0, 0.1) is 17.0 Å². The fourth-order valence-corrected chi connectivity index (χ4v) is 2.39. The summed E-state index contributed by atoms with van der Waals surface area (Å²) in [5.41, 5.74) is 0.102. The Bertz CT molecular complexity index is 557. The second-order valence-electron chi connectivity index (χ2n) is 4.50. The Balaban J connectivity index is 2.30. The maximum absolute atomic E-state index is 11.3. The lowest BCUT2D eigenvalue weighted by Gasteiger charge is -2.34. The summed E-state index contributed by atoms with van der Waals surface area (Å²) < 4.78 is 0. The van der Waals surface area contributed by atoms with Crippen molar-refractivity contribution in [3.63, 3.8) is 0 Å². The molecule has 0 atom stereocenters. The molecule has 1 aliphatic rings. The van der Waals surface area contributed by atoms with Gasteiger partial charge in [0.05, 0.1) is 4.92 Å². The summed E-state index contributed by atoms with van der Waals surface area (Å²) in [6.07, 6.45) is 0. The summed E-state index contributed by atoms with van der Waals surface area (Å²) in [7, 11) is 0. The fourth-order valence-electron chi connectivity index (χ4n) is 2.19. The summed E-state index contributed by atoms with van der Waals surface area (Å²) in [6, 6.07) is 0. The molecule has 8 nitrogen and oxygen atoms in total. The van der Waals surface area contributed by atoms with Crippen molar-refractivity contribution in [2.24, 2.45) is 0 Å². The molecule has 20 heavy (non-hydrogen) atoms. The van der Waals surface area contributed by atoms with Crippen LogP contribution < -0.4 is 4.90 Å². The van der Waals surface area contributed by atoms with Crippen molar-refractivity contribution in [1.29, 1.82) is 0 Å². The number of piperazine rings is 1. The highest BCUT2D eigenvalue weighted by molar-refractivity contribution is 6.28. The number of aryl methyl sites for hydroxylation is 1. The minimum absolute atomic E-state index is 0.00366. The second-order valence-corrected chi connectivity index (χ2v) is 4.84. The van der Waals surface area contributed by atoms with Crippen molar-refractivity contribution < 1.29 is 9.72 Å². The van der Waals surface area contributed by atoms with Crippen LogP contribution in [0.2, 0.25) is 5.28 Å². The highest BCUT2D eigenvalue weighted by Crippen LogP contribution is 2.30. The van der Waals surface area contributed by atoms with Crippen molar-refractivity contribution in [1.82, 2.24) is 14.9 Å². The molecule has 0 unspecified atom stereocenters. The zero-order chi connectivity index (χ0) is 14.9. The van der Waals surface area contributed by atoms with Crippen LogP contribution in [-0.4, -0.2) is 51.9 Å². The van der Waals surface area contributed by atoms with E-state index in [0.29, 0.717) is 26.2 Å². The Morgan fingerprint density at radius 1 is 1.30 bits per heavy atom. The van der Waals surface area contributed by atoms with E-state index in [-0.39, 0.29) is 28.4 Å². The van der Waals surface area contributed by atoms with E-state index in [0.717, 1.165) is 0 Å². The first-order valence-corrected chi connectivity index (χ1v) is 6.47. The summed E-state index contributed by atoms with van der Waals surface area (Å²) >= 11 is 5.79. The van der Waals surface area contributed by atoms with Gasteiger partial charge in [0.25, 0.3) is 0 Å². The van der Waals surface area contributed by atoms with Gasteiger partial charge in [0.15, 0.2) is 0 Å². The molecule has 1 fully saturated rings. The number of hydrogen-bond donors (Lipinski definition) is 0. The Kier molecular flexibility index (Phi) is 4.03. The molecule has 108 valence electrons. The van der Waals surface area contributed by atoms with E-state index in [2.05, 4.69) is 9.97 Å². The smallest absolute Gasteiger partial charge is 0.332 e. The van der Waals surface area contributed by atoms with Crippen LogP contribution in [0.5, 0.6) is 0 Å². The third kappa shape index (κ3) is 2.79. The topological polar surface area (TPSA) is 92.5 Å².